The van der Waals surface area contributed by atoms with Gasteiger partial charge in [0.05, 0.1) is 0 Å². The minimum Gasteiger partial charge on any atom is -0.481 e. The van der Waals surface area contributed by atoms with Gasteiger partial charge < -0.3 is 5.11 Å². The standard InChI is InChI=1S/C12H18O2/c1-4-10(5-2)9-11(6-3)7-8-12(13)14/h4,6,9H,1,5,7-8H2,2-3H3,(H,13,14). The minimum absolute atomic E-state index is 0.185. The number of hydrogen-bond acceptors (Lipinski definition) is 1. The second-order valence-corrected chi connectivity index (χ2v) is 3.03. The number of carbonyl (C=O) groups is 1. The maximum absolute atomic E-state index is 10.4. The third-order valence-electron chi connectivity index (χ3n) is 2.04. The van der Waals surface area contributed by atoms with Crippen LogP contribution in [-0.4, -0.2) is 11.1 Å². The predicted molar refractivity (Wildman–Crippen MR) is 59.2 cm³/mol. The van der Waals surface area contributed by atoms with Gasteiger partial charge in [0.15, 0.2) is 0 Å². The van der Waals surface area contributed by atoms with Crippen LogP contribution in [0.5, 0.6) is 0 Å². The third-order valence-corrected chi connectivity index (χ3v) is 2.04. The van der Waals surface area contributed by atoms with E-state index < -0.39 is 5.97 Å². The number of hydrogen-bond donors (Lipinski definition) is 1. The van der Waals surface area contributed by atoms with Gasteiger partial charge in [-0.3, -0.25) is 4.79 Å². The molecule has 0 saturated heterocycles. The average Bonchev–Trinajstić information content (AvgIpc) is 2.18. The molecule has 0 radical (unpaired) electrons. The van der Waals surface area contributed by atoms with Gasteiger partial charge in [-0.05, 0) is 25.3 Å². The van der Waals surface area contributed by atoms with Crippen LogP contribution in [0.1, 0.15) is 33.1 Å². The Bertz CT molecular complexity index is 259. The molecule has 0 atom stereocenters. The Hall–Kier alpha value is -1.31. The lowest BCUT2D eigenvalue weighted by molar-refractivity contribution is -0.136. The highest BCUT2D eigenvalue weighted by molar-refractivity contribution is 5.67. The average molecular weight is 194 g/mol. The first-order chi connectivity index (χ1) is 6.63. The fourth-order valence-corrected chi connectivity index (χ4v) is 1.09. The van der Waals surface area contributed by atoms with Crippen molar-refractivity contribution in [1.29, 1.82) is 0 Å². The Labute approximate surface area is 85.6 Å². The van der Waals surface area contributed by atoms with E-state index in [4.69, 9.17) is 5.11 Å². The summed E-state index contributed by atoms with van der Waals surface area (Å²) in [5.41, 5.74) is 2.20. The van der Waals surface area contributed by atoms with E-state index in [9.17, 15) is 4.79 Å². The summed E-state index contributed by atoms with van der Waals surface area (Å²) in [4.78, 5) is 10.4. The second kappa shape index (κ2) is 7.13. The number of aliphatic carboxylic acids is 1. The van der Waals surface area contributed by atoms with Crippen LogP contribution in [0.2, 0.25) is 0 Å². The molecule has 2 nitrogen and oxygen atoms in total. The quantitative estimate of drug-likeness (QED) is 0.658. The molecule has 0 aliphatic heterocycles. The van der Waals surface area contributed by atoms with E-state index in [2.05, 4.69) is 13.5 Å². The molecule has 0 unspecified atom stereocenters. The molecule has 0 saturated carbocycles. The smallest absolute Gasteiger partial charge is 0.303 e. The summed E-state index contributed by atoms with van der Waals surface area (Å²) in [5.74, 6) is -0.755. The topological polar surface area (TPSA) is 37.3 Å². The van der Waals surface area contributed by atoms with Gasteiger partial charge in [-0.25, -0.2) is 0 Å². The molecule has 2 heteroatoms. The lowest BCUT2D eigenvalue weighted by atomic mass is 10.0. The molecular weight excluding hydrogens is 176 g/mol. The van der Waals surface area contributed by atoms with Gasteiger partial charge in [-0.15, -0.1) is 0 Å². The van der Waals surface area contributed by atoms with Gasteiger partial charge in [-0.2, -0.15) is 0 Å². The SMILES string of the molecule is C=CC(=CC(=CC)CCC(=O)O)CC. The molecule has 0 fully saturated rings. The molecule has 0 aromatic heterocycles. The Kier molecular flexibility index (Phi) is 6.46. The van der Waals surface area contributed by atoms with Crippen LogP contribution < -0.4 is 0 Å². The highest BCUT2D eigenvalue weighted by Crippen LogP contribution is 2.12. The Morgan fingerprint density at radius 1 is 1.36 bits per heavy atom. The third kappa shape index (κ3) is 5.36. The maximum atomic E-state index is 10.4. The summed E-state index contributed by atoms with van der Waals surface area (Å²) in [6.07, 6.45) is 7.46. The summed E-state index contributed by atoms with van der Waals surface area (Å²) in [7, 11) is 0. The van der Waals surface area contributed by atoms with Gasteiger partial charge in [-0.1, -0.05) is 37.3 Å². The van der Waals surface area contributed by atoms with Crippen molar-refractivity contribution in [2.75, 3.05) is 0 Å². The normalized spacial score (nSPS) is 12.7. The van der Waals surface area contributed by atoms with Crippen LogP contribution in [0.3, 0.4) is 0 Å². The van der Waals surface area contributed by atoms with Crippen molar-refractivity contribution >= 4 is 5.97 Å². The summed E-state index contributed by atoms with van der Waals surface area (Å²) in [5, 5.41) is 8.54. The molecule has 0 amide bonds. The Morgan fingerprint density at radius 2 is 2.00 bits per heavy atom. The highest BCUT2D eigenvalue weighted by Gasteiger charge is 1.99. The Balaban J connectivity index is 4.36. The maximum Gasteiger partial charge on any atom is 0.303 e. The van der Waals surface area contributed by atoms with Crippen molar-refractivity contribution in [2.24, 2.45) is 0 Å². The largest absolute Gasteiger partial charge is 0.481 e. The van der Waals surface area contributed by atoms with E-state index in [1.165, 1.54) is 0 Å². The Morgan fingerprint density at radius 3 is 2.36 bits per heavy atom. The van der Waals surface area contributed by atoms with E-state index in [0.29, 0.717) is 6.42 Å². The van der Waals surface area contributed by atoms with E-state index in [1.807, 2.05) is 25.2 Å². The fourth-order valence-electron chi connectivity index (χ4n) is 1.09. The van der Waals surface area contributed by atoms with E-state index in [-0.39, 0.29) is 6.42 Å². The van der Waals surface area contributed by atoms with Gasteiger partial charge in [0, 0.05) is 6.42 Å². The van der Waals surface area contributed by atoms with Crippen LogP contribution in [0, 0.1) is 0 Å². The molecule has 0 aliphatic rings. The number of rotatable bonds is 6. The van der Waals surface area contributed by atoms with Crippen LogP contribution in [-0.2, 0) is 4.79 Å². The number of allylic oxidation sites excluding steroid dienone is 5. The van der Waals surface area contributed by atoms with Crippen LogP contribution >= 0.6 is 0 Å². The van der Waals surface area contributed by atoms with Crippen molar-refractivity contribution < 1.29 is 9.90 Å². The summed E-state index contributed by atoms with van der Waals surface area (Å²) < 4.78 is 0. The number of carboxylic acid groups (broad SMARTS) is 1. The molecule has 0 rings (SSSR count). The molecule has 0 spiro atoms. The zero-order chi connectivity index (χ0) is 11.0. The first-order valence-corrected chi connectivity index (χ1v) is 4.84. The van der Waals surface area contributed by atoms with E-state index in [1.54, 1.807) is 0 Å². The lowest BCUT2D eigenvalue weighted by Crippen LogP contribution is -1.94. The molecule has 14 heavy (non-hydrogen) atoms. The second-order valence-electron chi connectivity index (χ2n) is 3.03. The molecule has 0 bridgehead atoms. The van der Waals surface area contributed by atoms with Gasteiger partial charge in [0.2, 0.25) is 0 Å². The fraction of sp³-hybridized carbons (Fsp3) is 0.417. The molecule has 78 valence electrons. The molecule has 0 aromatic carbocycles. The zero-order valence-corrected chi connectivity index (χ0v) is 8.92. The van der Waals surface area contributed by atoms with Gasteiger partial charge in [0.1, 0.15) is 0 Å². The van der Waals surface area contributed by atoms with Crippen LogP contribution in [0.25, 0.3) is 0 Å². The summed E-state index contributed by atoms with van der Waals surface area (Å²) in [6.45, 7) is 7.68. The first kappa shape index (κ1) is 12.7. The molecule has 0 aliphatic carbocycles. The predicted octanol–water partition coefficient (Wildman–Crippen LogP) is 3.32. The van der Waals surface area contributed by atoms with E-state index in [0.717, 1.165) is 17.6 Å². The van der Waals surface area contributed by atoms with Crippen molar-refractivity contribution in [1.82, 2.24) is 0 Å². The molecule has 0 aromatic rings. The molecule has 0 heterocycles. The van der Waals surface area contributed by atoms with Crippen molar-refractivity contribution in [3.05, 3.63) is 36.0 Å². The van der Waals surface area contributed by atoms with E-state index >= 15 is 0 Å². The molecular formula is C12H18O2. The first-order valence-electron chi connectivity index (χ1n) is 4.84. The highest BCUT2D eigenvalue weighted by atomic mass is 16.4. The van der Waals surface area contributed by atoms with Crippen molar-refractivity contribution in [3.63, 3.8) is 0 Å². The van der Waals surface area contributed by atoms with Crippen molar-refractivity contribution in [3.8, 4) is 0 Å². The monoisotopic (exact) mass is 194 g/mol. The molecule has 1 N–H and O–H groups in total. The summed E-state index contributed by atoms with van der Waals surface area (Å²) >= 11 is 0. The van der Waals surface area contributed by atoms with Crippen LogP contribution in [0.4, 0.5) is 0 Å². The van der Waals surface area contributed by atoms with Crippen molar-refractivity contribution in [2.45, 2.75) is 33.1 Å². The summed E-state index contributed by atoms with van der Waals surface area (Å²) in [6, 6.07) is 0. The van der Waals surface area contributed by atoms with Gasteiger partial charge >= 0.3 is 5.97 Å². The zero-order valence-electron chi connectivity index (χ0n) is 8.92. The minimum atomic E-state index is -0.755. The number of carboxylic acids is 1. The lowest BCUT2D eigenvalue weighted by Gasteiger charge is -2.01. The van der Waals surface area contributed by atoms with Gasteiger partial charge in [0.25, 0.3) is 0 Å². The van der Waals surface area contributed by atoms with Crippen LogP contribution in [0.15, 0.2) is 36.0 Å².